The molecule has 1 aromatic carbocycles. The minimum Gasteiger partial charge on any atom is -0.406 e. The number of hydrogen-bond donors (Lipinski definition) is 0. The van der Waals surface area contributed by atoms with Gasteiger partial charge in [-0.1, -0.05) is 11.6 Å². The number of nitrogens with zero attached hydrogens (tertiary/aromatic N) is 4. The predicted octanol–water partition coefficient (Wildman–Crippen LogP) is 5.11. The van der Waals surface area contributed by atoms with E-state index in [9.17, 15) is 13.2 Å². The standard InChI is InChI=1S/C18H12ClF3N4O/c1-9-3-6-14-17(24-9)26-15(10(2)25-14)8-23-16(26)12-7-11(4-5-13(12)19)27-18(20,21)22/h3-8H,1-2H3. The third-order valence-corrected chi connectivity index (χ3v) is 4.37. The van der Waals surface area contributed by atoms with Crippen molar-refractivity contribution in [3.05, 3.63) is 52.9 Å². The van der Waals surface area contributed by atoms with E-state index in [0.717, 1.165) is 11.8 Å². The van der Waals surface area contributed by atoms with Crippen molar-refractivity contribution in [3.63, 3.8) is 0 Å². The molecule has 3 heterocycles. The summed E-state index contributed by atoms with van der Waals surface area (Å²) in [6, 6.07) is 7.37. The van der Waals surface area contributed by atoms with Crippen LogP contribution in [0.5, 0.6) is 5.75 Å². The molecule has 0 amide bonds. The highest BCUT2D eigenvalue weighted by atomic mass is 35.5. The van der Waals surface area contributed by atoms with Crippen molar-refractivity contribution in [2.45, 2.75) is 20.2 Å². The van der Waals surface area contributed by atoms with E-state index in [2.05, 4.69) is 19.7 Å². The molecule has 4 rings (SSSR count). The predicted molar refractivity (Wildman–Crippen MR) is 94.9 cm³/mol. The van der Waals surface area contributed by atoms with Crippen LogP contribution in [0.2, 0.25) is 5.02 Å². The van der Waals surface area contributed by atoms with Gasteiger partial charge in [0.2, 0.25) is 0 Å². The number of pyridine rings is 1. The normalized spacial score (nSPS) is 12.1. The molecule has 0 bridgehead atoms. The first kappa shape index (κ1) is 17.5. The van der Waals surface area contributed by atoms with Gasteiger partial charge < -0.3 is 4.74 Å². The van der Waals surface area contributed by atoms with Gasteiger partial charge in [-0.2, -0.15) is 0 Å². The van der Waals surface area contributed by atoms with Gasteiger partial charge in [0.05, 0.1) is 22.4 Å². The summed E-state index contributed by atoms with van der Waals surface area (Å²) in [6.07, 6.45) is -3.21. The lowest BCUT2D eigenvalue weighted by Gasteiger charge is -2.12. The second kappa shape index (κ2) is 6.09. The Morgan fingerprint density at radius 3 is 2.59 bits per heavy atom. The van der Waals surface area contributed by atoms with Crippen LogP contribution in [0.25, 0.3) is 28.1 Å². The van der Waals surface area contributed by atoms with E-state index in [1.807, 2.05) is 26.0 Å². The fraction of sp³-hybridized carbons (Fsp3) is 0.167. The maximum Gasteiger partial charge on any atom is 0.573 e. The van der Waals surface area contributed by atoms with Gasteiger partial charge in [0.25, 0.3) is 0 Å². The van der Waals surface area contributed by atoms with E-state index in [1.54, 1.807) is 10.6 Å². The Morgan fingerprint density at radius 2 is 1.85 bits per heavy atom. The fourth-order valence-corrected chi connectivity index (χ4v) is 3.11. The summed E-state index contributed by atoms with van der Waals surface area (Å²) in [5.74, 6) is -0.0194. The molecule has 138 valence electrons. The highest BCUT2D eigenvalue weighted by Gasteiger charge is 2.31. The molecule has 0 saturated heterocycles. The molecular weight excluding hydrogens is 381 g/mol. The Balaban J connectivity index is 2.01. The van der Waals surface area contributed by atoms with E-state index in [1.165, 1.54) is 12.1 Å². The molecule has 4 aromatic rings. The highest BCUT2D eigenvalue weighted by molar-refractivity contribution is 6.33. The summed E-state index contributed by atoms with van der Waals surface area (Å²) in [5, 5.41) is 0.243. The molecule has 0 atom stereocenters. The average molecular weight is 393 g/mol. The zero-order valence-corrected chi connectivity index (χ0v) is 14.9. The summed E-state index contributed by atoms with van der Waals surface area (Å²) in [5.41, 5.74) is 3.66. The number of alkyl halides is 3. The number of fused-ring (bicyclic) bond motifs is 3. The maximum atomic E-state index is 12.6. The van der Waals surface area contributed by atoms with Crippen LogP contribution < -0.4 is 4.74 Å². The van der Waals surface area contributed by atoms with Crippen LogP contribution in [0.4, 0.5) is 13.2 Å². The molecule has 0 fully saturated rings. The smallest absolute Gasteiger partial charge is 0.406 e. The van der Waals surface area contributed by atoms with Crippen LogP contribution in [0, 0.1) is 13.8 Å². The molecule has 0 aliphatic rings. The van der Waals surface area contributed by atoms with Crippen molar-refractivity contribution in [2.75, 3.05) is 0 Å². The van der Waals surface area contributed by atoms with E-state index >= 15 is 0 Å². The van der Waals surface area contributed by atoms with Gasteiger partial charge in [0, 0.05) is 11.3 Å². The first-order valence-corrected chi connectivity index (χ1v) is 8.28. The maximum absolute atomic E-state index is 12.6. The number of halogens is 4. The topological polar surface area (TPSA) is 52.3 Å². The largest absolute Gasteiger partial charge is 0.573 e. The second-order valence-electron chi connectivity index (χ2n) is 5.98. The number of imidazole rings is 1. The lowest BCUT2D eigenvalue weighted by molar-refractivity contribution is -0.274. The molecule has 9 heteroatoms. The number of aromatic nitrogens is 4. The van der Waals surface area contributed by atoms with Crippen molar-refractivity contribution >= 4 is 28.3 Å². The van der Waals surface area contributed by atoms with Crippen LogP contribution in [0.3, 0.4) is 0 Å². The lowest BCUT2D eigenvalue weighted by atomic mass is 10.2. The molecule has 3 aromatic heterocycles. The Kier molecular flexibility index (Phi) is 3.96. The zero-order chi connectivity index (χ0) is 19.3. The number of ether oxygens (including phenoxy) is 1. The monoisotopic (exact) mass is 392 g/mol. The zero-order valence-electron chi connectivity index (χ0n) is 14.2. The Hall–Kier alpha value is -2.87. The van der Waals surface area contributed by atoms with E-state index in [0.29, 0.717) is 33.8 Å². The minimum atomic E-state index is -4.80. The Morgan fingerprint density at radius 1 is 1.07 bits per heavy atom. The SMILES string of the molecule is Cc1ccc2nc(C)c3cnc(-c4cc(OC(F)(F)F)ccc4Cl)n3c2n1. The molecule has 0 N–H and O–H groups in total. The summed E-state index contributed by atoms with van der Waals surface area (Å²) >= 11 is 6.26. The van der Waals surface area contributed by atoms with Gasteiger partial charge in [-0.3, -0.25) is 4.40 Å². The summed E-state index contributed by atoms with van der Waals surface area (Å²) in [6.45, 7) is 3.66. The van der Waals surface area contributed by atoms with Crippen LogP contribution in [-0.4, -0.2) is 25.7 Å². The number of aryl methyl sites for hydroxylation is 2. The van der Waals surface area contributed by atoms with Gasteiger partial charge in [0.1, 0.15) is 17.1 Å². The van der Waals surface area contributed by atoms with E-state index in [4.69, 9.17) is 11.6 Å². The summed E-state index contributed by atoms with van der Waals surface area (Å²) in [7, 11) is 0. The third-order valence-electron chi connectivity index (χ3n) is 4.04. The van der Waals surface area contributed by atoms with Crippen molar-refractivity contribution < 1.29 is 17.9 Å². The van der Waals surface area contributed by atoms with E-state index < -0.39 is 6.36 Å². The fourth-order valence-electron chi connectivity index (χ4n) is 2.91. The van der Waals surface area contributed by atoms with Gasteiger partial charge in [-0.25, -0.2) is 15.0 Å². The Bertz CT molecular complexity index is 1190. The first-order chi connectivity index (χ1) is 12.7. The van der Waals surface area contributed by atoms with Crippen LogP contribution in [-0.2, 0) is 0 Å². The molecular formula is C18H12ClF3N4O. The van der Waals surface area contributed by atoms with Gasteiger partial charge >= 0.3 is 6.36 Å². The Labute approximate surface area is 156 Å². The lowest BCUT2D eigenvalue weighted by Crippen LogP contribution is -2.17. The molecule has 0 unspecified atom stereocenters. The first-order valence-electron chi connectivity index (χ1n) is 7.90. The van der Waals surface area contributed by atoms with Crippen molar-refractivity contribution in [1.29, 1.82) is 0 Å². The minimum absolute atomic E-state index is 0.243. The van der Waals surface area contributed by atoms with Gasteiger partial charge in [-0.15, -0.1) is 13.2 Å². The second-order valence-corrected chi connectivity index (χ2v) is 6.39. The molecule has 0 spiro atoms. The van der Waals surface area contributed by atoms with Crippen LogP contribution in [0.1, 0.15) is 11.4 Å². The highest BCUT2D eigenvalue weighted by Crippen LogP contribution is 2.34. The number of rotatable bonds is 2. The van der Waals surface area contributed by atoms with Crippen molar-refractivity contribution in [1.82, 2.24) is 19.4 Å². The van der Waals surface area contributed by atoms with Gasteiger partial charge in [0.15, 0.2) is 5.65 Å². The van der Waals surface area contributed by atoms with Crippen LogP contribution >= 0.6 is 11.6 Å². The van der Waals surface area contributed by atoms with Crippen molar-refractivity contribution in [2.24, 2.45) is 0 Å². The molecule has 0 saturated carbocycles. The van der Waals surface area contributed by atoms with Crippen molar-refractivity contribution in [3.8, 4) is 17.1 Å². The summed E-state index contributed by atoms with van der Waals surface area (Å²) in [4.78, 5) is 13.4. The average Bonchev–Trinajstić information content (AvgIpc) is 3.02. The molecule has 0 aliphatic heterocycles. The quantitative estimate of drug-likeness (QED) is 0.475. The van der Waals surface area contributed by atoms with Crippen LogP contribution in [0.15, 0.2) is 36.5 Å². The third kappa shape index (κ3) is 3.16. The number of hydrogen-bond acceptors (Lipinski definition) is 4. The van der Waals surface area contributed by atoms with E-state index in [-0.39, 0.29) is 10.8 Å². The molecule has 0 radical (unpaired) electrons. The summed E-state index contributed by atoms with van der Waals surface area (Å²) < 4.78 is 43.5. The molecule has 27 heavy (non-hydrogen) atoms. The van der Waals surface area contributed by atoms with Gasteiger partial charge in [-0.05, 0) is 44.2 Å². The number of benzene rings is 1. The molecule has 0 aliphatic carbocycles. The molecule has 5 nitrogen and oxygen atoms in total.